The number of fused-ring (bicyclic) bond motifs is 1. The molecule has 0 aromatic rings. The van der Waals surface area contributed by atoms with E-state index in [4.69, 9.17) is 0 Å². The van der Waals surface area contributed by atoms with Crippen LogP contribution >= 0.6 is 0 Å². The molecular formula is C14H18. The number of allylic oxidation sites excluding steroid dienone is 8. The average Bonchev–Trinajstić information content (AvgIpc) is 2.18. The Morgan fingerprint density at radius 1 is 1.07 bits per heavy atom. The molecule has 2 rings (SSSR count). The smallest absolute Gasteiger partial charge is 0.00858 e. The van der Waals surface area contributed by atoms with Gasteiger partial charge in [-0.25, -0.2) is 0 Å². The van der Waals surface area contributed by atoms with E-state index in [9.17, 15) is 0 Å². The van der Waals surface area contributed by atoms with E-state index in [0.29, 0.717) is 11.8 Å². The van der Waals surface area contributed by atoms with Crippen LogP contribution in [0.2, 0.25) is 0 Å². The summed E-state index contributed by atoms with van der Waals surface area (Å²) in [6, 6.07) is 0. The fourth-order valence-corrected chi connectivity index (χ4v) is 2.68. The number of hydrogen-bond acceptors (Lipinski definition) is 0. The van der Waals surface area contributed by atoms with Crippen molar-refractivity contribution in [3.63, 3.8) is 0 Å². The molecule has 0 saturated heterocycles. The summed E-state index contributed by atoms with van der Waals surface area (Å²) >= 11 is 0. The molecular weight excluding hydrogens is 168 g/mol. The molecule has 74 valence electrons. The van der Waals surface area contributed by atoms with Crippen LogP contribution in [0, 0.1) is 11.8 Å². The first-order valence-corrected chi connectivity index (χ1v) is 5.47. The molecule has 0 fully saturated rings. The van der Waals surface area contributed by atoms with E-state index in [2.05, 4.69) is 51.2 Å². The van der Waals surface area contributed by atoms with E-state index in [0.717, 1.165) is 0 Å². The van der Waals surface area contributed by atoms with Gasteiger partial charge in [0, 0.05) is 11.8 Å². The van der Waals surface area contributed by atoms with Crippen LogP contribution < -0.4 is 0 Å². The summed E-state index contributed by atoms with van der Waals surface area (Å²) in [6.45, 7) is 6.75. The quantitative estimate of drug-likeness (QED) is 0.580. The van der Waals surface area contributed by atoms with Crippen molar-refractivity contribution < 1.29 is 0 Å². The van der Waals surface area contributed by atoms with Gasteiger partial charge in [0.25, 0.3) is 0 Å². The predicted molar refractivity (Wildman–Crippen MR) is 62.0 cm³/mol. The van der Waals surface area contributed by atoms with Crippen molar-refractivity contribution in [3.05, 3.63) is 47.1 Å². The molecule has 0 heterocycles. The molecule has 2 aliphatic carbocycles. The van der Waals surface area contributed by atoms with Crippen molar-refractivity contribution >= 4 is 0 Å². The zero-order valence-electron chi connectivity index (χ0n) is 9.25. The summed E-state index contributed by atoms with van der Waals surface area (Å²) in [6.07, 6.45) is 12.6. The maximum absolute atomic E-state index is 2.35. The average molecular weight is 186 g/mol. The lowest BCUT2D eigenvalue weighted by atomic mass is 9.73. The highest BCUT2D eigenvalue weighted by Crippen LogP contribution is 2.39. The molecule has 0 aromatic heterocycles. The third kappa shape index (κ3) is 1.39. The normalized spacial score (nSPS) is 30.4. The van der Waals surface area contributed by atoms with Crippen molar-refractivity contribution in [2.24, 2.45) is 11.8 Å². The van der Waals surface area contributed by atoms with Gasteiger partial charge in [-0.3, -0.25) is 0 Å². The summed E-state index contributed by atoms with van der Waals surface area (Å²) in [5.74, 6) is 1.26. The van der Waals surface area contributed by atoms with Gasteiger partial charge in [-0.2, -0.15) is 0 Å². The number of rotatable bonds is 1. The minimum absolute atomic E-state index is 0.624. The van der Waals surface area contributed by atoms with E-state index in [1.54, 1.807) is 5.57 Å². The lowest BCUT2D eigenvalue weighted by molar-refractivity contribution is 0.569. The van der Waals surface area contributed by atoms with Gasteiger partial charge in [0.15, 0.2) is 0 Å². The highest BCUT2D eigenvalue weighted by Gasteiger charge is 2.26. The Morgan fingerprint density at radius 2 is 1.71 bits per heavy atom. The topological polar surface area (TPSA) is 0 Å². The Bertz CT molecular complexity index is 350. The summed E-state index contributed by atoms with van der Waals surface area (Å²) < 4.78 is 0. The second kappa shape index (κ2) is 3.61. The third-order valence-electron chi connectivity index (χ3n) is 3.39. The lowest BCUT2D eigenvalue weighted by Gasteiger charge is -2.32. The van der Waals surface area contributed by atoms with E-state index < -0.39 is 0 Å². The molecule has 0 spiro atoms. The van der Waals surface area contributed by atoms with Gasteiger partial charge >= 0.3 is 0 Å². The van der Waals surface area contributed by atoms with E-state index in [1.807, 2.05) is 0 Å². The van der Waals surface area contributed by atoms with Crippen LogP contribution in [0.5, 0.6) is 0 Å². The van der Waals surface area contributed by atoms with Crippen LogP contribution in [0.4, 0.5) is 0 Å². The van der Waals surface area contributed by atoms with Crippen LogP contribution in [-0.4, -0.2) is 0 Å². The van der Waals surface area contributed by atoms with E-state index in [1.165, 1.54) is 17.6 Å². The van der Waals surface area contributed by atoms with Crippen LogP contribution in [-0.2, 0) is 0 Å². The molecule has 0 radical (unpaired) electrons. The fraction of sp³-hybridized carbons (Fsp3) is 0.429. The molecule has 0 amide bonds. The van der Waals surface area contributed by atoms with Crippen LogP contribution in [0.3, 0.4) is 0 Å². The monoisotopic (exact) mass is 186 g/mol. The molecule has 0 saturated carbocycles. The van der Waals surface area contributed by atoms with Gasteiger partial charge < -0.3 is 0 Å². The molecule has 0 bridgehead atoms. The van der Waals surface area contributed by atoms with Gasteiger partial charge in [0.2, 0.25) is 0 Å². The molecule has 0 nitrogen and oxygen atoms in total. The van der Waals surface area contributed by atoms with Gasteiger partial charge in [-0.1, -0.05) is 54.0 Å². The molecule has 0 aromatic carbocycles. The first kappa shape index (κ1) is 9.51. The summed E-state index contributed by atoms with van der Waals surface area (Å²) in [4.78, 5) is 0. The molecule has 14 heavy (non-hydrogen) atoms. The molecule has 0 aliphatic heterocycles. The largest absolute Gasteiger partial charge is 0.0764 e. The Hall–Kier alpha value is -1.04. The van der Waals surface area contributed by atoms with Crippen LogP contribution in [0.1, 0.15) is 27.2 Å². The van der Waals surface area contributed by atoms with Gasteiger partial charge in [0.1, 0.15) is 0 Å². The molecule has 0 N–H and O–H groups in total. The molecule has 2 unspecified atom stereocenters. The Labute approximate surface area is 86.7 Å². The first-order chi connectivity index (χ1) is 6.74. The van der Waals surface area contributed by atoms with Crippen molar-refractivity contribution in [2.45, 2.75) is 27.2 Å². The first-order valence-electron chi connectivity index (χ1n) is 5.47. The van der Waals surface area contributed by atoms with E-state index in [-0.39, 0.29) is 0 Å². The minimum atomic E-state index is 0.624. The summed E-state index contributed by atoms with van der Waals surface area (Å²) in [7, 11) is 0. The van der Waals surface area contributed by atoms with Crippen molar-refractivity contribution in [3.8, 4) is 0 Å². The van der Waals surface area contributed by atoms with Crippen molar-refractivity contribution in [1.82, 2.24) is 0 Å². The van der Waals surface area contributed by atoms with Gasteiger partial charge in [-0.05, 0) is 20.3 Å². The van der Waals surface area contributed by atoms with Crippen LogP contribution in [0.25, 0.3) is 0 Å². The highest BCUT2D eigenvalue weighted by molar-refractivity contribution is 5.41. The summed E-state index contributed by atoms with van der Waals surface area (Å²) in [5, 5.41) is 0. The maximum Gasteiger partial charge on any atom is 0.00858 e. The minimum Gasteiger partial charge on any atom is -0.0764 e. The van der Waals surface area contributed by atoms with Gasteiger partial charge in [-0.15, -0.1) is 0 Å². The highest BCUT2D eigenvalue weighted by atomic mass is 14.3. The van der Waals surface area contributed by atoms with Crippen molar-refractivity contribution in [1.29, 1.82) is 0 Å². The third-order valence-corrected chi connectivity index (χ3v) is 3.39. The van der Waals surface area contributed by atoms with Gasteiger partial charge in [0.05, 0.1) is 0 Å². The zero-order valence-corrected chi connectivity index (χ0v) is 9.25. The second-order valence-electron chi connectivity index (χ2n) is 4.27. The Kier molecular flexibility index (Phi) is 2.45. The molecule has 2 atom stereocenters. The second-order valence-corrected chi connectivity index (χ2v) is 4.27. The summed E-state index contributed by atoms with van der Waals surface area (Å²) in [5.41, 5.74) is 4.60. The fourth-order valence-electron chi connectivity index (χ4n) is 2.68. The maximum atomic E-state index is 2.35. The predicted octanol–water partition coefficient (Wildman–Crippen LogP) is 4.03. The van der Waals surface area contributed by atoms with Crippen molar-refractivity contribution in [2.75, 3.05) is 0 Å². The Morgan fingerprint density at radius 3 is 2.36 bits per heavy atom. The SMILES string of the molecule is CCC1=C(C)C=C(C)C2C=CC=CC12. The standard InChI is InChI=1S/C14H18/c1-4-12-10(2)9-11(3)13-7-5-6-8-14(12)13/h5-9,13-14H,4H2,1-3H3. The Balaban J connectivity index is 2.44. The zero-order chi connectivity index (χ0) is 10.1. The lowest BCUT2D eigenvalue weighted by Crippen LogP contribution is -2.20. The molecule has 0 heteroatoms. The molecule has 2 aliphatic rings. The van der Waals surface area contributed by atoms with Crippen LogP contribution in [0.15, 0.2) is 47.1 Å². The van der Waals surface area contributed by atoms with E-state index >= 15 is 0 Å². The number of hydrogen-bond donors (Lipinski definition) is 0.